The smallest absolute Gasteiger partial charge is 0.314 e. The van der Waals surface area contributed by atoms with Crippen LogP contribution in [0.2, 0.25) is 0 Å². The molecule has 0 bridgehead atoms. The molecular formula is C9H14Cl2N2O2. The van der Waals surface area contributed by atoms with Gasteiger partial charge in [-0.3, -0.25) is 9.59 Å². The Morgan fingerprint density at radius 1 is 1.13 bits per heavy atom. The summed E-state index contributed by atoms with van der Waals surface area (Å²) in [5.74, 6) is 0.371. The van der Waals surface area contributed by atoms with Crippen LogP contribution in [-0.2, 0) is 0 Å². The van der Waals surface area contributed by atoms with Gasteiger partial charge in [0.1, 0.15) is 0 Å². The van der Waals surface area contributed by atoms with E-state index in [4.69, 9.17) is 23.2 Å². The summed E-state index contributed by atoms with van der Waals surface area (Å²) in [7, 11) is 0. The predicted molar refractivity (Wildman–Crippen MR) is 59.4 cm³/mol. The lowest BCUT2D eigenvalue weighted by Gasteiger charge is -2.34. The van der Waals surface area contributed by atoms with Crippen LogP contribution >= 0.6 is 23.2 Å². The molecule has 0 aromatic rings. The van der Waals surface area contributed by atoms with Crippen molar-refractivity contribution in [1.29, 1.82) is 0 Å². The number of hydrogen-bond acceptors (Lipinski definition) is 2. The fraction of sp³-hybridized carbons (Fsp3) is 0.778. The molecule has 3 unspecified atom stereocenters. The Morgan fingerprint density at radius 3 is 2.27 bits per heavy atom. The third kappa shape index (κ3) is 4.26. The normalized spacial score (nSPS) is 30.7. The summed E-state index contributed by atoms with van der Waals surface area (Å²) >= 11 is 10.5. The average molecular weight is 253 g/mol. The first kappa shape index (κ1) is 12.6. The molecule has 0 aliphatic heterocycles. The van der Waals surface area contributed by atoms with Crippen LogP contribution in [0.25, 0.3) is 0 Å². The highest BCUT2D eigenvalue weighted by Crippen LogP contribution is 2.24. The first-order valence-corrected chi connectivity index (χ1v) is 5.66. The van der Waals surface area contributed by atoms with Crippen molar-refractivity contribution in [2.45, 2.75) is 38.3 Å². The van der Waals surface area contributed by atoms with Crippen LogP contribution in [0.1, 0.15) is 26.2 Å². The maximum atomic E-state index is 10.7. The lowest BCUT2D eigenvalue weighted by atomic mass is 9.83. The largest absolute Gasteiger partial charge is 0.340 e. The number of carbonyl (C=O) groups is 2. The SMILES string of the molecule is CC1CCC(NC(=O)Cl)CC1NC(=O)Cl. The standard InChI is InChI=1S/C9H14Cl2N2O2/c1-5-2-3-6(12-8(10)14)4-7(5)13-9(11)15/h5-7H,2-4H2,1H3,(H,12,14)(H,13,15). The van der Waals surface area contributed by atoms with Gasteiger partial charge in [-0.15, -0.1) is 0 Å². The summed E-state index contributed by atoms with van der Waals surface area (Å²) in [6.45, 7) is 2.05. The summed E-state index contributed by atoms with van der Waals surface area (Å²) in [5.41, 5.74) is 0. The summed E-state index contributed by atoms with van der Waals surface area (Å²) in [5, 5.41) is 4.20. The van der Waals surface area contributed by atoms with Crippen LogP contribution < -0.4 is 10.6 Å². The van der Waals surface area contributed by atoms with Crippen LogP contribution in [-0.4, -0.2) is 22.8 Å². The Balaban J connectivity index is 2.47. The van der Waals surface area contributed by atoms with E-state index in [0.717, 1.165) is 12.8 Å². The topological polar surface area (TPSA) is 58.2 Å². The maximum absolute atomic E-state index is 10.7. The molecular weight excluding hydrogens is 239 g/mol. The molecule has 1 rings (SSSR count). The first-order chi connectivity index (χ1) is 6.99. The number of amides is 2. The van der Waals surface area contributed by atoms with Gasteiger partial charge in [0.15, 0.2) is 0 Å². The monoisotopic (exact) mass is 252 g/mol. The summed E-state index contributed by atoms with van der Waals surface area (Å²) < 4.78 is 0. The van der Waals surface area contributed by atoms with E-state index in [0.29, 0.717) is 12.3 Å². The van der Waals surface area contributed by atoms with Crippen LogP contribution in [0.3, 0.4) is 0 Å². The van der Waals surface area contributed by atoms with Gasteiger partial charge in [-0.2, -0.15) is 0 Å². The predicted octanol–water partition coefficient (Wildman–Crippen LogP) is 2.44. The van der Waals surface area contributed by atoms with E-state index in [1.807, 2.05) is 0 Å². The van der Waals surface area contributed by atoms with Crippen molar-refractivity contribution in [1.82, 2.24) is 10.6 Å². The van der Waals surface area contributed by atoms with Gasteiger partial charge >= 0.3 is 10.7 Å². The molecule has 1 aliphatic carbocycles. The zero-order valence-corrected chi connectivity index (χ0v) is 9.94. The summed E-state index contributed by atoms with van der Waals surface area (Å²) in [6.07, 6.45) is 2.50. The second-order valence-corrected chi connectivity index (χ2v) is 4.62. The van der Waals surface area contributed by atoms with Gasteiger partial charge in [0, 0.05) is 12.1 Å². The lowest BCUT2D eigenvalue weighted by molar-refractivity contribution is 0.220. The molecule has 15 heavy (non-hydrogen) atoms. The van der Waals surface area contributed by atoms with E-state index >= 15 is 0 Å². The number of carbonyl (C=O) groups excluding carboxylic acids is 2. The lowest BCUT2D eigenvalue weighted by Crippen LogP contribution is -2.47. The minimum Gasteiger partial charge on any atom is -0.340 e. The number of halogens is 2. The van der Waals surface area contributed by atoms with Crippen molar-refractivity contribution in [3.63, 3.8) is 0 Å². The van der Waals surface area contributed by atoms with Gasteiger partial charge < -0.3 is 10.6 Å². The summed E-state index contributed by atoms with van der Waals surface area (Å²) in [6, 6.07) is 0.0389. The molecule has 6 heteroatoms. The molecule has 1 aliphatic rings. The van der Waals surface area contributed by atoms with Gasteiger partial charge in [-0.25, -0.2) is 0 Å². The molecule has 2 amide bonds. The van der Waals surface area contributed by atoms with Crippen LogP contribution in [0.4, 0.5) is 9.59 Å². The Hall–Kier alpha value is -0.480. The third-order valence-electron chi connectivity index (χ3n) is 2.81. The second kappa shape index (κ2) is 5.56. The van der Waals surface area contributed by atoms with Crippen LogP contribution in [0.15, 0.2) is 0 Å². The van der Waals surface area contributed by atoms with Crippen molar-refractivity contribution in [3.8, 4) is 0 Å². The fourth-order valence-electron chi connectivity index (χ4n) is 1.96. The molecule has 3 atom stereocenters. The molecule has 0 heterocycles. The van der Waals surface area contributed by atoms with Crippen molar-refractivity contribution < 1.29 is 9.59 Å². The molecule has 2 N–H and O–H groups in total. The molecule has 0 spiro atoms. The van der Waals surface area contributed by atoms with E-state index in [9.17, 15) is 9.59 Å². The first-order valence-electron chi connectivity index (χ1n) is 4.91. The van der Waals surface area contributed by atoms with Crippen molar-refractivity contribution in [2.75, 3.05) is 0 Å². The number of nitrogens with one attached hydrogen (secondary N) is 2. The van der Waals surface area contributed by atoms with E-state index in [2.05, 4.69) is 17.6 Å². The van der Waals surface area contributed by atoms with Gasteiger partial charge in [0.2, 0.25) is 0 Å². The van der Waals surface area contributed by atoms with E-state index < -0.39 is 10.7 Å². The molecule has 1 fully saturated rings. The highest BCUT2D eigenvalue weighted by atomic mass is 35.5. The fourth-order valence-corrected chi connectivity index (χ4v) is 2.25. The van der Waals surface area contributed by atoms with Gasteiger partial charge in [0.05, 0.1) is 0 Å². The zero-order valence-electron chi connectivity index (χ0n) is 8.43. The quantitative estimate of drug-likeness (QED) is 0.586. The second-order valence-electron chi connectivity index (χ2n) is 3.93. The number of rotatable bonds is 2. The highest BCUT2D eigenvalue weighted by Gasteiger charge is 2.29. The van der Waals surface area contributed by atoms with Gasteiger partial charge in [0.25, 0.3) is 0 Å². The Kier molecular flexibility index (Phi) is 4.67. The molecule has 0 radical (unpaired) electrons. The van der Waals surface area contributed by atoms with Crippen molar-refractivity contribution in [3.05, 3.63) is 0 Å². The maximum Gasteiger partial charge on any atom is 0.314 e. The van der Waals surface area contributed by atoms with Crippen molar-refractivity contribution >= 4 is 33.9 Å². The van der Waals surface area contributed by atoms with Crippen molar-refractivity contribution in [2.24, 2.45) is 5.92 Å². The van der Waals surface area contributed by atoms with E-state index in [1.54, 1.807) is 0 Å². The van der Waals surface area contributed by atoms with Crippen LogP contribution in [0, 0.1) is 5.92 Å². The minimum absolute atomic E-state index is 0.0114. The molecule has 1 saturated carbocycles. The van der Waals surface area contributed by atoms with E-state index in [1.165, 1.54) is 0 Å². The molecule has 0 saturated heterocycles. The molecule has 0 aromatic heterocycles. The zero-order chi connectivity index (χ0) is 11.4. The highest BCUT2D eigenvalue weighted by molar-refractivity contribution is 6.63. The van der Waals surface area contributed by atoms with Gasteiger partial charge in [-0.1, -0.05) is 6.92 Å². The average Bonchev–Trinajstić information content (AvgIpc) is 2.09. The molecule has 86 valence electrons. The third-order valence-corrected chi connectivity index (χ3v) is 3.03. The Morgan fingerprint density at radius 2 is 1.73 bits per heavy atom. The van der Waals surface area contributed by atoms with E-state index in [-0.39, 0.29) is 12.1 Å². The molecule has 4 nitrogen and oxygen atoms in total. The number of hydrogen-bond donors (Lipinski definition) is 2. The van der Waals surface area contributed by atoms with Crippen LogP contribution in [0.5, 0.6) is 0 Å². The van der Waals surface area contributed by atoms with Gasteiger partial charge in [-0.05, 0) is 48.4 Å². The minimum atomic E-state index is -0.551. The summed E-state index contributed by atoms with van der Waals surface area (Å²) in [4.78, 5) is 21.4. The Bertz CT molecular complexity index is 260. The Labute approximate surface area is 98.7 Å². The molecule has 0 aromatic carbocycles.